The van der Waals surface area contributed by atoms with Crippen molar-refractivity contribution in [2.24, 2.45) is 0 Å². The molecule has 2 rings (SSSR count). The number of nitrogens with one attached hydrogen (secondary N) is 2. The number of sulfonamides is 1. The van der Waals surface area contributed by atoms with Gasteiger partial charge in [-0.25, -0.2) is 13.1 Å². The van der Waals surface area contributed by atoms with Crippen molar-refractivity contribution in [1.82, 2.24) is 9.62 Å². The molecule has 7 nitrogen and oxygen atoms in total. The Kier molecular flexibility index (Phi) is 6.93. The van der Waals surface area contributed by atoms with Gasteiger partial charge in [-0.15, -0.1) is 0 Å². The Hall–Kier alpha value is -2.71. The molecule has 8 heteroatoms. The molecule has 2 N–H and O–H groups in total. The summed E-state index contributed by atoms with van der Waals surface area (Å²) in [6.45, 7) is 3.59. The van der Waals surface area contributed by atoms with Crippen LogP contribution in [-0.2, 0) is 14.8 Å². The first-order valence-corrected chi connectivity index (χ1v) is 10.3. The molecule has 0 aliphatic rings. The average molecular weight is 404 g/mol. The van der Waals surface area contributed by atoms with Crippen LogP contribution in [0.5, 0.6) is 0 Å². The maximum absolute atomic E-state index is 12.4. The predicted octanol–water partition coefficient (Wildman–Crippen LogP) is 2.31. The molecule has 0 aliphatic heterocycles. The topological polar surface area (TPSA) is 95.6 Å². The lowest BCUT2D eigenvalue weighted by Gasteiger charge is -2.12. The molecule has 2 amide bonds. The van der Waals surface area contributed by atoms with E-state index < -0.39 is 10.0 Å². The number of nitrogens with zero attached hydrogens (tertiary/aromatic N) is 1. The van der Waals surface area contributed by atoms with Crippen molar-refractivity contribution in [3.05, 3.63) is 59.2 Å². The van der Waals surface area contributed by atoms with Crippen LogP contribution >= 0.6 is 0 Å². The molecule has 0 radical (unpaired) electrons. The third kappa shape index (κ3) is 5.64. The first-order chi connectivity index (χ1) is 13.1. The standard InChI is InChI=1S/C20H25N3O4S/c1-14-8-9-18(15(2)12-14)28(26,27)21-11-10-19(24)22-17-7-5-6-16(13-17)20(25)23(3)4/h5-9,12-13,21H,10-11H2,1-4H3,(H,22,24). The van der Waals surface area contributed by atoms with Crippen LogP contribution in [0.1, 0.15) is 27.9 Å². The monoisotopic (exact) mass is 403 g/mol. The number of amides is 2. The summed E-state index contributed by atoms with van der Waals surface area (Å²) in [4.78, 5) is 25.8. The SMILES string of the molecule is Cc1ccc(S(=O)(=O)NCCC(=O)Nc2cccc(C(=O)N(C)C)c2)c(C)c1. The molecule has 28 heavy (non-hydrogen) atoms. The Balaban J connectivity index is 1.94. The van der Waals surface area contributed by atoms with Gasteiger partial charge in [0.25, 0.3) is 5.91 Å². The van der Waals surface area contributed by atoms with E-state index in [1.54, 1.807) is 63.5 Å². The van der Waals surface area contributed by atoms with Gasteiger partial charge in [-0.1, -0.05) is 23.8 Å². The third-order valence-electron chi connectivity index (χ3n) is 4.06. The molecule has 150 valence electrons. The van der Waals surface area contributed by atoms with Crippen LogP contribution in [-0.4, -0.2) is 45.8 Å². The fourth-order valence-electron chi connectivity index (χ4n) is 2.69. The van der Waals surface area contributed by atoms with Crippen molar-refractivity contribution in [2.45, 2.75) is 25.2 Å². The largest absolute Gasteiger partial charge is 0.345 e. The number of hydrogen-bond acceptors (Lipinski definition) is 4. The van der Waals surface area contributed by atoms with Gasteiger partial charge in [-0.2, -0.15) is 0 Å². The maximum atomic E-state index is 12.4. The zero-order valence-corrected chi connectivity index (χ0v) is 17.3. The summed E-state index contributed by atoms with van der Waals surface area (Å²) in [5, 5.41) is 2.68. The number of hydrogen-bond donors (Lipinski definition) is 2. The Morgan fingerprint density at radius 1 is 1.04 bits per heavy atom. The second kappa shape index (κ2) is 8.99. The molecule has 0 spiro atoms. The minimum atomic E-state index is -3.68. The smallest absolute Gasteiger partial charge is 0.253 e. The van der Waals surface area contributed by atoms with Crippen LogP contribution in [0, 0.1) is 13.8 Å². The number of carbonyl (C=O) groups excluding carboxylic acids is 2. The van der Waals surface area contributed by atoms with Gasteiger partial charge in [0.1, 0.15) is 0 Å². The van der Waals surface area contributed by atoms with E-state index in [2.05, 4.69) is 10.0 Å². The quantitative estimate of drug-likeness (QED) is 0.742. The summed E-state index contributed by atoms with van der Waals surface area (Å²) in [6, 6.07) is 11.7. The van der Waals surface area contributed by atoms with Crippen molar-refractivity contribution in [3.8, 4) is 0 Å². The summed E-state index contributed by atoms with van der Waals surface area (Å²) in [5.74, 6) is -0.518. The fourth-order valence-corrected chi connectivity index (χ4v) is 3.95. The van der Waals surface area contributed by atoms with Crippen LogP contribution in [0.25, 0.3) is 0 Å². The molecule has 0 aliphatic carbocycles. The molecule has 0 fully saturated rings. The van der Waals surface area contributed by atoms with Crippen LogP contribution < -0.4 is 10.0 Å². The van der Waals surface area contributed by atoms with Gasteiger partial charge in [0.05, 0.1) is 4.90 Å². The second-order valence-corrected chi connectivity index (χ2v) is 8.48. The summed E-state index contributed by atoms with van der Waals surface area (Å²) >= 11 is 0. The number of benzene rings is 2. The van der Waals surface area contributed by atoms with Crippen LogP contribution in [0.3, 0.4) is 0 Å². The molecule has 0 unspecified atom stereocenters. The minimum absolute atomic E-state index is 0.0300. The predicted molar refractivity (Wildman–Crippen MR) is 109 cm³/mol. The molecular weight excluding hydrogens is 378 g/mol. The first kappa shape index (κ1) is 21.6. The number of aryl methyl sites for hydroxylation is 2. The molecule has 0 saturated carbocycles. The summed E-state index contributed by atoms with van der Waals surface area (Å²) < 4.78 is 27.3. The number of rotatable bonds is 7. The lowest BCUT2D eigenvalue weighted by atomic mass is 10.2. The van der Waals surface area contributed by atoms with Gasteiger partial charge < -0.3 is 10.2 Å². The zero-order chi connectivity index (χ0) is 20.9. The van der Waals surface area contributed by atoms with E-state index in [0.717, 1.165) is 5.56 Å². The van der Waals surface area contributed by atoms with E-state index in [1.807, 2.05) is 6.92 Å². The Bertz CT molecular complexity index is 985. The molecule has 0 bridgehead atoms. The molecule has 2 aromatic carbocycles. The van der Waals surface area contributed by atoms with Crippen molar-refractivity contribution < 1.29 is 18.0 Å². The van der Waals surface area contributed by atoms with E-state index in [9.17, 15) is 18.0 Å². The molecule has 0 heterocycles. The van der Waals surface area contributed by atoms with Crippen LogP contribution in [0.4, 0.5) is 5.69 Å². The van der Waals surface area contributed by atoms with Gasteiger partial charge in [0.2, 0.25) is 15.9 Å². The van der Waals surface area contributed by atoms with Gasteiger partial charge in [0.15, 0.2) is 0 Å². The number of carbonyl (C=O) groups is 2. The molecule has 0 saturated heterocycles. The zero-order valence-electron chi connectivity index (χ0n) is 16.4. The fraction of sp³-hybridized carbons (Fsp3) is 0.300. The first-order valence-electron chi connectivity index (χ1n) is 8.78. The van der Waals surface area contributed by atoms with E-state index in [1.165, 1.54) is 4.90 Å². The van der Waals surface area contributed by atoms with Gasteiger partial charge in [0, 0.05) is 38.3 Å². The van der Waals surface area contributed by atoms with Gasteiger partial charge in [-0.05, 0) is 43.7 Å². The molecule has 0 atom stereocenters. The van der Waals surface area contributed by atoms with E-state index in [0.29, 0.717) is 16.8 Å². The Morgan fingerprint density at radius 2 is 1.75 bits per heavy atom. The van der Waals surface area contributed by atoms with Gasteiger partial charge >= 0.3 is 0 Å². The Labute approximate surface area is 165 Å². The van der Waals surface area contributed by atoms with Crippen LogP contribution in [0.15, 0.2) is 47.4 Å². The average Bonchev–Trinajstić information content (AvgIpc) is 2.60. The third-order valence-corrected chi connectivity index (χ3v) is 5.68. The lowest BCUT2D eigenvalue weighted by Crippen LogP contribution is -2.28. The summed E-state index contributed by atoms with van der Waals surface area (Å²) in [7, 11) is -0.387. The highest BCUT2D eigenvalue weighted by molar-refractivity contribution is 7.89. The van der Waals surface area contributed by atoms with E-state index >= 15 is 0 Å². The highest BCUT2D eigenvalue weighted by Crippen LogP contribution is 2.16. The molecular formula is C20H25N3O4S. The highest BCUT2D eigenvalue weighted by atomic mass is 32.2. The highest BCUT2D eigenvalue weighted by Gasteiger charge is 2.17. The second-order valence-electron chi connectivity index (χ2n) is 6.75. The normalized spacial score (nSPS) is 11.1. The van der Waals surface area contributed by atoms with Crippen molar-refractivity contribution >= 4 is 27.5 Å². The Morgan fingerprint density at radius 3 is 2.39 bits per heavy atom. The molecule has 2 aromatic rings. The summed E-state index contributed by atoms with van der Waals surface area (Å²) in [5.41, 5.74) is 2.57. The maximum Gasteiger partial charge on any atom is 0.253 e. The van der Waals surface area contributed by atoms with E-state index in [4.69, 9.17) is 0 Å². The summed E-state index contributed by atoms with van der Waals surface area (Å²) in [6.07, 6.45) is -0.0318. The van der Waals surface area contributed by atoms with Crippen LogP contribution in [0.2, 0.25) is 0 Å². The van der Waals surface area contributed by atoms with Crippen molar-refractivity contribution in [3.63, 3.8) is 0 Å². The number of anilines is 1. The minimum Gasteiger partial charge on any atom is -0.345 e. The van der Waals surface area contributed by atoms with Gasteiger partial charge in [-0.3, -0.25) is 9.59 Å². The lowest BCUT2D eigenvalue weighted by molar-refractivity contribution is -0.116. The van der Waals surface area contributed by atoms with Crippen molar-refractivity contribution in [1.29, 1.82) is 0 Å². The molecule has 0 aromatic heterocycles. The van der Waals surface area contributed by atoms with Crippen molar-refractivity contribution in [2.75, 3.05) is 26.0 Å². The van der Waals surface area contributed by atoms with E-state index in [-0.39, 0.29) is 29.7 Å².